The van der Waals surface area contributed by atoms with Crippen molar-refractivity contribution in [3.05, 3.63) is 66.3 Å². The van der Waals surface area contributed by atoms with E-state index in [0.717, 1.165) is 18.3 Å². The van der Waals surface area contributed by atoms with Gasteiger partial charge in [-0.2, -0.15) is 4.39 Å². The van der Waals surface area contributed by atoms with Gasteiger partial charge in [-0.3, -0.25) is 9.78 Å². The van der Waals surface area contributed by atoms with E-state index in [4.69, 9.17) is 10.5 Å². The van der Waals surface area contributed by atoms with Crippen molar-refractivity contribution in [2.24, 2.45) is 10.7 Å². The van der Waals surface area contributed by atoms with Crippen molar-refractivity contribution in [1.29, 1.82) is 0 Å². The van der Waals surface area contributed by atoms with Crippen LogP contribution in [0, 0.1) is 11.8 Å². The van der Waals surface area contributed by atoms with E-state index in [9.17, 15) is 13.6 Å². The van der Waals surface area contributed by atoms with E-state index in [0.29, 0.717) is 0 Å². The first-order valence-electron chi connectivity index (χ1n) is 7.94. The van der Waals surface area contributed by atoms with E-state index in [1.165, 1.54) is 37.5 Å². The Labute approximate surface area is 158 Å². The molecule has 0 unspecified atom stereocenters. The Hall–Kier alpha value is -3.95. The molecule has 10 heteroatoms. The van der Waals surface area contributed by atoms with Crippen molar-refractivity contribution in [3.63, 3.8) is 0 Å². The molecule has 0 atom stereocenters. The Morgan fingerprint density at radius 1 is 1.18 bits per heavy atom. The Morgan fingerprint density at radius 3 is 2.68 bits per heavy atom. The Kier molecular flexibility index (Phi) is 5.49. The van der Waals surface area contributed by atoms with Gasteiger partial charge < -0.3 is 15.8 Å². The highest BCUT2D eigenvalue weighted by Crippen LogP contribution is 2.26. The molecule has 0 fully saturated rings. The van der Waals surface area contributed by atoms with Gasteiger partial charge in [0.05, 0.1) is 30.0 Å². The minimum Gasteiger partial charge on any atom is -0.454 e. The second kappa shape index (κ2) is 8.16. The van der Waals surface area contributed by atoms with Crippen LogP contribution < -0.4 is 15.8 Å². The van der Waals surface area contributed by atoms with Crippen LogP contribution in [0.1, 0.15) is 17.3 Å². The van der Waals surface area contributed by atoms with Crippen LogP contribution >= 0.6 is 0 Å². The maximum absolute atomic E-state index is 13.3. The van der Waals surface area contributed by atoms with E-state index in [1.807, 2.05) is 0 Å². The van der Waals surface area contributed by atoms with E-state index in [2.05, 4.69) is 25.3 Å². The standard InChI is InChI=1S/C18H14F2N6O2/c1-10(21)24-17-14(18(27)26-16-4-2-3-15(20)25-16)6-13(9-23-17)28-12-5-11(19)7-22-8-12/h2-9H,1H3,(H2,21,23,24)(H,25,26,27). The predicted octanol–water partition coefficient (Wildman–Crippen LogP) is 3.20. The van der Waals surface area contributed by atoms with Gasteiger partial charge in [0.25, 0.3) is 5.91 Å². The van der Waals surface area contributed by atoms with Gasteiger partial charge >= 0.3 is 0 Å². The molecule has 3 aromatic rings. The van der Waals surface area contributed by atoms with Crippen LogP contribution in [0.2, 0.25) is 0 Å². The second-order valence-electron chi connectivity index (χ2n) is 5.54. The summed E-state index contributed by atoms with van der Waals surface area (Å²) in [7, 11) is 0. The molecule has 3 N–H and O–H groups in total. The van der Waals surface area contributed by atoms with Gasteiger partial charge in [0, 0.05) is 6.07 Å². The van der Waals surface area contributed by atoms with Crippen molar-refractivity contribution in [1.82, 2.24) is 15.0 Å². The number of nitrogens with one attached hydrogen (secondary N) is 1. The number of halogens is 2. The number of amidine groups is 1. The number of carbonyl (C=O) groups is 1. The molecular formula is C18H14F2N6O2. The third-order valence-electron chi connectivity index (χ3n) is 3.24. The number of carbonyl (C=O) groups excluding carboxylic acids is 1. The molecule has 0 spiro atoms. The predicted molar refractivity (Wildman–Crippen MR) is 97.6 cm³/mol. The topological polar surface area (TPSA) is 115 Å². The van der Waals surface area contributed by atoms with Crippen LogP contribution in [-0.4, -0.2) is 26.7 Å². The quantitative estimate of drug-likeness (QED) is 0.396. The molecule has 3 heterocycles. The summed E-state index contributed by atoms with van der Waals surface area (Å²) in [5.74, 6) is -1.53. The zero-order valence-corrected chi connectivity index (χ0v) is 14.6. The lowest BCUT2D eigenvalue weighted by Gasteiger charge is -2.10. The molecule has 0 radical (unpaired) electrons. The first kappa shape index (κ1) is 18.8. The van der Waals surface area contributed by atoms with Gasteiger partial charge in [0.2, 0.25) is 5.95 Å². The number of rotatable bonds is 5. The zero-order valence-electron chi connectivity index (χ0n) is 14.6. The highest BCUT2D eigenvalue weighted by atomic mass is 19.1. The van der Waals surface area contributed by atoms with Crippen molar-refractivity contribution in [3.8, 4) is 11.5 Å². The molecule has 142 valence electrons. The van der Waals surface area contributed by atoms with Gasteiger partial charge in [-0.15, -0.1) is 0 Å². The van der Waals surface area contributed by atoms with Crippen molar-refractivity contribution >= 4 is 23.4 Å². The summed E-state index contributed by atoms with van der Waals surface area (Å²) >= 11 is 0. The lowest BCUT2D eigenvalue weighted by Crippen LogP contribution is -2.15. The summed E-state index contributed by atoms with van der Waals surface area (Å²) in [5.41, 5.74) is 5.58. The number of amides is 1. The number of aromatic nitrogens is 3. The first-order valence-corrected chi connectivity index (χ1v) is 7.94. The van der Waals surface area contributed by atoms with Crippen molar-refractivity contribution in [2.45, 2.75) is 6.92 Å². The molecular weight excluding hydrogens is 370 g/mol. The highest BCUT2D eigenvalue weighted by Gasteiger charge is 2.16. The Morgan fingerprint density at radius 2 is 1.96 bits per heavy atom. The number of hydrogen-bond acceptors (Lipinski definition) is 6. The number of pyridine rings is 3. The van der Waals surface area contributed by atoms with E-state index < -0.39 is 17.7 Å². The van der Waals surface area contributed by atoms with Gasteiger partial charge in [0.1, 0.15) is 23.1 Å². The van der Waals surface area contributed by atoms with Gasteiger partial charge in [-0.05, 0) is 25.1 Å². The molecule has 0 aliphatic rings. The van der Waals surface area contributed by atoms with E-state index in [1.54, 1.807) is 0 Å². The number of anilines is 1. The maximum atomic E-state index is 13.3. The number of nitrogens with zero attached hydrogens (tertiary/aromatic N) is 4. The molecule has 3 aromatic heterocycles. The van der Waals surface area contributed by atoms with Crippen LogP contribution in [0.15, 0.2) is 53.9 Å². The van der Waals surface area contributed by atoms with E-state index >= 15 is 0 Å². The number of hydrogen-bond donors (Lipinski definition) is 2. The summed E-state index contributed by atoms with van der Waals surface area (Å²) in [6, 6.07) is 6.43. The van der Waals surface area contributed by atoms with Crippen LogP contribution in [0.5, 0.6) is 11.5 Å². The largest absolute Gasteiger partial charge is 0.454 e. The SMILES string of the molecule is C/C(N)=N/c1ncc(Oc2cncc(F)c2)cc1C(=O)Nc1cccc(F)n1. The lowest BCUT2D eigenvalue weighted by atomic mass is 10.2. The third kappa shape index (κ3) is 4.81. The van der Waals surface area contributed by atoms with Crippen LogP contribution in [-0.2, 0) is 0 Å². The average Bonchev–Trinajstić information content (AvgIpc) is 2.62. The molecule has 8 nitrogen and oxygen atoms in total. The second-order valence-corrected chi connectivity index (χ2v) is 5.54. The smallest absolute Gasteiger partial charge is 0.260 e. The Balaban J connectivity index is 1.93. The number of aliphatic imine (C=N–C) groups is 1. The zero-order chi connectivity index (χ0) is 20.1. The number of nitrogens with two attached hydrogens (primary N) is 1. The van der Waals surface area contributed by atoms with Crippen molar-refractivity contribution in [2.75, 3.05) is 5.32 Å². The van der Waals surface area contributed by atoms with Crippen LogP contribution in [0.25, 0.3) is 0 Å². The fourth-order valence-electron chi connectivity index (χ4n) is 2.16. The average molecular weight is 384 g/mol. The molecule has 0 bridgehead atoms. The molecule has 28 heavy (non-hydrogen) atoms. The van der Waals surface area contributed by atoms with Gasteiger partial charge in [-0.25, -0.2) is 19.4 Å². The first-order chi connectivity index (χ1) is 13.4. The lowest BCUT2D eigenvalue weighted by molar-refractivity contribution is 0.102. The molecule has 3 rings (SSSR count). The molecule has 0 saturated heterocycles. The van der Waals surface area contributed by atoms with Crippen LogP contribution in [0.3, 0.4) is 0 Å². The summed E-state index contributed by atoms with van der Waals surface area (Å²) in [6.45, 7) is 1.53. The summed E-state index contributed by atoms with van der Waals surface area (Å²) < 4.78 is 32.0. The maximum Gasteiger partial charge on any atom is 0.260 e. The highest BCUT2D eigenvalue weighted by molar-refractivity contribution is 6.07. The van der Waals surface area contributed by atoms with Gasteiger partial charge in [0.15, 0.2) is 5.82 Å². The number of ether oxygens (including phenoxy) is 1. The van der Waals surface area contributed by atoms with E-state index in [-0.39, 0.29) is 34.5 Å². The van der Waals surface area contributed by atoms with Crippen LogP contribution in [0.4, 0.5) is 20.4 Å². The normalized spacial score (nSPS) is 11.2. The molecule has 0 aliphatic carbocycles. The Bertz CT molecular complexity index is 1050. The fraction of sp³-hybridized carbons (Fsp3) is 0.0556. The minimum atomic E-state index is -0.748. The molecule has 0 saturated carbocycles. The van der Waals surface area contributed by atoms with Gasteiger partial charge in [-0.1, -0.05) is 6.07 Å². The monoisotopic (exact) mass is 384 g/mol. The third-order valence-corrected chi connectivity index (χ3v) is 3.24. The summed E-state index contributed by atoms with van der Waals surface area (Å²) in [4.78, 5) is 27.9. The van der Waals surface area contributed by atoms with Crippen molar-refractivity contribution < 1.29 is 18.3 Å². The summed E-state index contributed by atoms with van der Waals surface area (Å²) in [6.07, 6.45) is 3.62. The minimum absolute atomic E-state index is 0.00211. The molecule has 0 aromatic carbocycles. The fourth-order valence-corrected chi connectivity index (χ4v) is 2.16. The summed E-state index contributed by atoms with van der Waals surface area (Å²) in [5, 5.41) is 2.44. The molecule has 0 aliphatic heterocycles. The molecule has 1 amide bonds.